The second-order valence-electron chi connectivity index (χ2n) is 6.28. The summed E-state index contributed by atoms with van der Waals surface area (Å²) in [5, 5.41) is 4.37. The summed E-state index contributed by atoms with van der Waals surface area (Å²) in [6, 6.07) is 16.7. The first kappa shape index (κ1) is 14.6. The number of amides is 1. The van der Waals surface area contributed by atoms with Crippen LogP contribution in [-0.2, 0) is 4.79 Å². The molecule has 3 nitrogen and oxygen atoms in total. The molecule has 118 valence electrons. The number of rotatable bonds is 2. The number of carbonyl (C=O) groups excluding carboxylic acids is 1. The number of nitrogens with one attached hydrogen (secondary N) is 1. The number of likely N-dealkylation sites (tertiary alicyclic amines) is 1. The van der Waals surface area contributed by atoms with Crippen molar-refractivity contribution in [2.24, 2.45) is 0 Å². The van der Waals surface area contributed by atoms with Crippen molar-refractivity contribution in [1.82, 2.24) is 4.90 Å². The van der Waals surface area contributed by atoms with E-state index in [2.05, 4.69) is 40.5 Å². The quantitative estimate of drug-likeness (QED) is 0.877. The van der Waals surface area contributed by atoms with Crippen LogP contribution in [0.4, 0.5) is 5.69 Å². The molecule has 0 spiro atoms. The first-order valence-corrected chi connectivity index (χ1v) is 8.50. The molecule has 2 atom stereocenters. The van der Waals surface area contributed by atoms with E-state index in [4.69, 9.17) is 11.6 Å². The molecule has 2 heterocycles. The Bertz CT molecular complexity index is 728. The zero-order valence-corrected chi connectivity index (χ0v) is 13.6. The van der Waals surface area contributed by atoms with Crippen molar-refractivity contribution in [2.45, 2.75) is 31.3 Å². The molecule has 0 bridgehead atoms. The average Bonchev–Trinajstić information content (AvgIpc) is 3.00. The highest BCUT2D eigenvalue weighted by Crippen LogP contribution is 2.43. The van der Waals surface area contributed by atoms with Gasteiger partial charge < -0.3 is 10.2 Å². The molecule has 2 unspecified atom stereocenters. The fourth-order valence-electron chi connectivity index (χ4n) is 3.72. The molecule has 2 aromatic carbocycles. The van der Waals surface area contributed by atoms with Gasteiger partial charge in [0.05, 0.1) is 12.1 Å². The van der Waals surface area contributed by atoms with Crippen molar-refractivity contribution in [3.8, 4) is 0 Å². The van der Waals surface area contributed by atoms with Crippen LogP contribution in [0.2, 0.25) is 5.02 Å². The lowest BCUT2D eigenvalue weighted by Gasteiger charge is -2.38. The van der Waals surface area contributed by atoms with Crippen LogP contribution in [0.1, 0.15) is 42.5 Å². The molecule has 2 aliphatic heterocycles. The predicted octanol–water partition coefficient (Wildman–Crippen LogP) is 4.56. The minimum atomic E-state index is 0.156. The summed E-state index contributed by atoms with van der Waals surface area (Å²) in [6.07, 6.45) is 2.54. The smallest absolute Gasteiger partial charge is 0.223 e. The molecular weight excluding hydrogens is 308 g/mol. The van der Waals surface area contributed by atoms with E-state index in [9.17, 15) is 4.79 Å². The van der Waals surface area contributed by atoms with Crippen LogP contribution < -0.4 is 5.32 Å². The number of benzene rings is 2. The van der Waals surface area contributed by atoms with E-state index >= 15 is 0 Å². The Morgan fingerprint density at radius 1 is 1.09 bits per heavy atom. The summed E-state index contributed by atoms with van der Waals surface area (Å²) < 4.78 is 0. The molecule has 1 saturated heterocycles. The third-order valence-electron chi connectivity index (χ3n) is 4.87. The van der Waals surface area contributed by atoms with Crippen molar-refractivity contribution in [2.75, 3.05) is 11.9 Å². The van der Waals surface area contributed by atoms with Crippen LogP contribution in [0.5, 0.6) is 0 Å². The van der Waals surface area contributed by atoms with Gasteiger partial charge in [0.1, 0.15) is 0 Å². The predicted molar refractivity (Wildman–Crippen MR) is 92.6 cm³/mol. The van der Waals surface area contributed by atoms with Gasteiger partial charge in [-0.2, -0.15) is 0 Å². The van der Waals surface area contributed by atoms with Gasteiger partial charge in [0, 0.05) is 23.7 Å². The Morgan fingerprint density at radius 3 is 2.61 bits per heavy atom. The highest BCUT2D eigenvalue weighted by Gasteiger charge is 2.35. The van der Waals surface area contributed by atoms with E-state index < -0.39 is 0 Å². The fraction of sp³-hybridized carbons (Fsp3) is 0.316. The highest BCUT2D eigenvalue weighted by molar-refractivity contribution is 6.30. The van der Waals surface area contributed by atoms with Gasteiger partial charge in [-0.05, 0) is 42.2 Å². The molecule has 0 aromatic heterocycles. The van der Waals surface area contributed by atoms with Gasteiger partial charge in [0.2, 0.25) is 5.91 Å². The Labute approximate surface area is 141 Å². The zero-order chi connectivity index (χ0) is 15.8. The number of fused-ring (bicyclic) bond motifs is 1. The SMILES string of the molecule is O=C1CCCN1C1CC(c2ccc(Cl)cc2)Nc2ccccc21. The Hall–Kier alpha value is -2.00. The summed E-state index contributed by atoms with van der Waals surface area (Å²) in [5.74, 6) is 0.279. The van der Waals surface area contributed by atoms with Crippen LogP contribution in [0.3, 0.4) is 0 Å². The van der Waals surface area contributed by atoms with E-state index in [0.717, 1.165) is 30.1 Å². The molecule has 2 aliphatic rings. The molecule has 4 rings (SSSR count). The fourth-order valence-corrected chi connectivity index (χ4v) is 3.85. The second kappa shape index (κ2) is 5.89. The van der Waals surface area contributed by atoms with Gasteiger partial charge in [-0.3, -0.25) is 4.79 Å². The molecule has 0 radical (unpaired) electrons. The normalized spacial score (nSPS) is 23.5. The molecule has 0 aliphatic carbocycles. The van der Waals surface area contributed by atoms with Crippen LogP contribution in [0.25, 0.3) is 0 Å². The highest BCUT2D eigenvalue weighted by atomic mass is 35.5. The molecule has 0 saturated carbocycles. The first-order valence-electron chi connectivity index (χ1n) is 8.13. The third-order valence-corrected chi connectivity index (χ3v) is 5.12. The van der Waals surface area contributed by atoms with Gasteiger partial charge >= 0.3 is 0 Å². The second-order valence-corrected chi connectivity index (χ2v) is 6.71. The number of anilines is 1. The Balaban J connectivity index is 1.70. The monoisotopic (exact) mass is 326 g/mol. The maximum absolute atomic E-state index is 12.3. The standard InChI is InChI=1S/C19H19ClN2O/c20-14-9-7-13(8-10-14)17-12-18(22-11-3-6-19(22)23)15-4-1-2-5-16(15)21-17/h1-2,4-5,7-10,17-18,21H,3,6,11-12H2. The van der Waals surface area contributed by atoms with Crippen molar-refractivity contribution in [3.63, 3.8) is 0 Å². The largest absolute Gasteiger partial charge is 0.378 e. The van der Waals surface area contributed by atoms with Gasteiger partial charge in [-0.15, -0.1) is 0 Å². The van der Waals surface area contributed by atoms with E-state index in [-0.39, 0.29) is 18.0 Å². The van der Waals surface area contributed by atoms with Crippen molar-refractivity contribution < 1.29 is 4.79 Å². The van der Waals surface area contributed by atoms with Gasteiger partial charge in [0.15, 0.2) is 0 Å². The average molecular weight is 327 g/mol. The van der Waals surface area contributed by atoms with Gasteiger partial charge in [-0.25, -0.2) is 0 Å². The maximum atomic E-state index is 12.3. The molecular formula is C19H19ClN2O. The lowest BCUT2D eigenvalue weighted by molar-refractivity contribution is -0.130. The summed E-state index contributed by atoms with van der Waals surface area (Å²) in [4.78, 5) is 14.3. The van der Waals surface area contributed by atoms with Crippen LogP contribution in [-0.4, -0.2) is 17.4 Å². The molecule has 1 N–H and O–H groups in total. The number of hydrogen-bond donors (Lipinski definition) is 1. The van der Waals surface area contributed by atoms with E-state index in [1.54, 1.807) is 0 Å². The topological polar surface area (TPSA) is 32.3 Å². The molecule has 1 amide bonds. The van der Waals surface area contributed by atoms with E-state index in [1.807, 2.05) is 18.2 Å². The van der Waals surface area contributed by atoms with Gasteiger partial charge in [0.25, 0.3) is 0 Å². The van der Waals surface area contributed by atoms with Crippen molar-refractivity contribution in [3.05, 3.63) is 64.7 Å². The Kier molecular flexibility index (Phi) is 3.74. The molecule has 4 heteroatoms. The lowest BCUT2D eigenvalue weighted by atomic mass is 9.88. The lowest BCUT2D eigenvalue weighted by Crippen LogP contribution is -2.35. The number of hydrogen-bond acceptors (Lipinski definition) is 2. The van der Waals surface area contributed by atoms with Crippen LogP contribution in [0, 0.1) is 0 Å². The van der Waals surface area contributed by atoms with Crippen LogP contribution in [0.15, 0.2) is 48.5 Å². The minimum Gasteiger partial charge on any atom is -0.378 e. The molecule has 23 heavy (non-hydrogen) atoms. The zero-order valence-electron chi connectivity index (χ0n) is 12.8. The van der Waals surface area contributed by atoms with Gasteiger partial charge in [-0.1, -0.05) is 41.9 Å². The third kappa shape index (κ3) is 2.70. The molecule has 1 fully saturated rings. The van der Waals surface area contributed by atoms with E-state index in [1.165, 1.54) is 11.1 Å². The number of halogens is 1. The number of nitrogens with zero attached hydrogens (tertiary/aromatic N) is 1. The maximum Gasteiger partial charge on any atom is 0.223 e. The van der Waals surface area contributed by atoms with Crippen molar-refractivity contribution in [1.29, 1.82) is 0 Å². The van der Waals surface area contributed by atoms with Crippen molar-refractivity contribution >= 4 is 23.2 Å². The number of para-hydroxylation sites is 1. The summed E-state index contributed by atoms with van der Waals surface area (Å²) in [6.45, 7) is 0.866. The number of carbonyl (C=O) groups is 1. The molecule has 2 aromatic rings. The first-order chi connectivity index (χ1) is 11.2. The van der Waals surface area contributed by atoms with E-state index in [0.29, 0.717) is 6.42 Å². The Morgan fingerprint density at radius 2 is 1.87 bits per heavy atom. The summed E-state index contributed by atoms with van der Waals surface area (Å²) in [5.41, 5.74) is 3.57. The minimum absolute atomic E-state index is 0.156. The summed E-state index contributed by atoms with van der Waals surface area (Å²) >= 11 is 6.01. The summed E-state index contributed by atoms with van der Waals surface area (Å²) in [7, 11) is 0. The van der Waals surface area contributed by atoms with Crippen LogP contribution >= 0.6 is 11.6 Å².